The molecule has 2 bridgehead atoms. The number of nitrogens with zero attached hydrogens (tertiary/aromatic N) is 2. The SMILES string of the molecule is Cc1ccc(C(=O)N[C@H](N2C[C@@H]3C[C@@H](C2)c2cccc(=O)n2C3)C(Cl)(Cl)Cl)cc1. The number of aryl methyl sites for hydroxylation is 1. The van der Waals surface area contributed by atoms with E-state index in [9.17, 15) is 9.59 Å². The summed E-state index contributed by atoms with van der Waals surface area (Å²) in [5.41, 5.74) is 2.61. The number of halogens is 3. The van der Waals surface area contributed by atoms with E-state index in [0.29, 0.717) is 25.2 Å². The van der Waals surface area contributed by atoms with E-state index in [1.165, 1.54) is 0 Å². The first-order chi connectivity index (χ1) is 13.7. The number of carbonyl (C=O) groups excluding carboxylic acids is 1. The normalized spacial score (nSPS) is 22.6. The monoisotopic (exact) mass is 453 g/mol. The Balaban J connectivity index is 1.58. The second kappa shape index (κ2) is 7.95. The minimum absolute atomic E-state index is 0.0243. The minimum atomic E-state index is -1.69. The van der Waals surface area contributed by atoms with E-state index in [1.54, 1.807) is 24.3 Å². The van der Waals surface area contributed by atoms with Crippen LogP contribution in [0.2, 0.25) is 0 Å². The molecule has 2 aromatic rings. The van der Waals surface area contributed by atoms with Crippen LogP contribution in [0.4, 0.5) is 0 Å². The number of amides is 1. The average molecular weight is 455 g/mol. The molecule has 154 valence electrons. The van der Waals surface area contributed by atoms with Gasteiger partial charge in [0.05, 0.1) is 0 Å². The van der Waals surface area contributed by atoms with Crippen molar-refractivity contribution in [3.63, 3.8) is 0 Å². The highest BCUT2D eigenvalue weighted by atomic mass is 35.6. The second-order valence-electron chi connectivity index (χ2n) is 7.94. The predicted octanol–water partition coefficient (Wildman–Crippen LogP) is 3.70. The molecule has 0 spiro atoms. The van der Waals surface area contributed by atoms with Crippen molar-refractivity contribution in [1.82, 2.24) is 14.8 Å². The van der Waals surface area contributed by atoms with Crippen molar-refractivity contribution < 1.29 is 4.79 Å². The molecule has 1 N–H and O–H groups in total. The molecule has 0 unspecified atom stereocenters. The Kier molecular flexibility index (Phi) is 5.68. The number of carbonyl (C=O) groups is 1. The number of aromatic nitrogens is 1. The van der Waals surface area contributed by atoms with Crippen molar-refractivity contribution in [1.29, 1.82) is 0 Å². The molecular weight excluding hydrogens is 433 g/mol. The van der Waals surface area contributed by atoms with Gasteiger partial charge in [0.25, 0.3) is 11.5 Å². The van der Waals surface area contributed by atoms with Gasteiger partial charge in [0.1, 0.15) is 6.17 Å². The highest BCUT2D eigenvalue weighted by Gasteiger charge is 2.44. The standard InChI is InChI=1S/C21H22Cl3N3O2/c1-13-5-7-15(8-6-13)19(29)25-20(21(22,23)24)26-10-14-9-16(12-26)17-3-2-4-18(28)27(17)11-14/h2-8,14,16,20H,9-12H2,1H3,(H,25,29)/t14-,16-,20+/m0/s1. The molecule has 1 fully saturated rings. The summed E-state index contributed by atoms with van der Waals surface area (Å²) in [5.74, 6) is 0.128. The molecule has 3 heterocycles. The van der Waals surface area contributed by atoms with Gasteiger partial charge in [0.15, 0.2) is 0 Å². The lowest BCUT2D eigenvalue weighted by Crippen LogP contribution is -2.60. The number of hydrogen-bond donors (Lipinski definition) is 1. The lowest BCUT2D eigenvalue weighted by Gasteiger charge is -2.47. The maximum atomic E-state index is 12.8. The number of hydrogen-bond acceptors (Lipinski definition) is 3. The van der Waals surface area contributed by atoms with Crippen molar-refractivity contribution in [2.45, 2.75) is 35.8 Å². The second-order valence-corrected chi connectivity index (χ2v) is 10.3. The summed E-state index contributed by atoms with van der Waals surface area (Å²) in [6.07, 6.45) is 0.215. The molecule has 2 aliphatic heterocycles. The van der Waals surface area contributed by atoms with Crippen LogP contribution in [0.3, 0.4) is 0 Å². The first-order valence-corrected chi connectivity index (χ1v) is 10.7. The summed E-state index contributed by atoms with van der Waals surface area (Å²) in [7, 11) is 0. The molecular formula is C21H22Cl3N3O2. The lowest BCUT2D eigenvalue weighted by atomic mass is 9.83. The van der Waals surface area contributed by atoms with Gasteiger partial charge in [-0.1, -0.05) is 58.6 Å². The molecule has 1 aromatic heterocycles. The van der Waals surface area contributed by atoms with Crippen LogP contribution in [0.1, 0.15) is 34.0 Å². The van der Waals surface area contributed by atoms with E-state index < -0.39 is 9.96 Å². The van der Waals surface area contributed by atoms with Crippen molar-refractivity contribution in [2.75, 3.05) is 13.1 Å². The Bertz CT molecular complexity index is 968. The predicted molar refractivity (Wildman–Crippen MR) is 116 cm³/mol. The van der Waals surface area contributed by atoms with Crippen LogP contribution in [0.5, 0.6) is 0 Å². The Morgan fingerprint density at radius 3 is 2.52 bits per heavy atom. The topological polar surface area (TPSA) is 54.3 Å². The van der Waals surface area contributed by atoms with Crippen molar-refractivity contribution in [3.05, 3.63) is 69.6 Å². The van der Waals surface area contributed by atoms with Gasteiger partial charge in [0.2, 0.25) is 3.79 Å². The first kappa shape index (κ1) is 20.7. The smallest absolute Gasteiger partial charge is 0.252 e. The molecule has 1 amide bonds. The van der Waals surface area contributed by atoms with E-state index in [4.69, 9.17) is 34.8 Å². The van der Waals surface area contributed by atoms with Gasteiger partial charge >= 0.3 is 0 Å². The summed E-state index contributed by atoms with van der Waals surface area (Å²) in [5, 5.41) is 2.91. The molecule has 0 saturated carbocycles. The van der Waals surface area contributed by atoms with Gasteiger partial charge < -0.3 is 9.88 Å². The van der Waals surface area contributed by atoms with E-state index in [0.717, 1.165) is 17.7 Å². The van der Waals surface area contributed by atoms with Gasteiger partial charge in [-0.05, 0) is 37.5 Å². The zero-order chi connectivity index (χ0) is 20.8. The number of benzene rings is 1. The summed E-state index contributed by atoms with van der Waals surface area (Å²) < 4.78 is 0.160. The third kappa shape index (κ3) is 4.33. The van der Waals surface area contributed by atoms with E-state index in [1.807, 2.05) is 34.6 Å². The molecule has 3 atom stereocenters. The van der Waals surface area contributed by atoms with Gasteiger partial charge in [-0.3, -0.25) is 14.5 Å². The fourth-order valence-electron chi connectivity index (χ4n) is 4.44. The molecule has 5 nitrogen and oxygen atoms in total. The number of piperidine rings is 1. The Labute approximate surface area is 184 Å². The molecule has 0 radical (unpaired) electrons. The summed E-state index contributed by atoms with van der Waals surface area (Å²) in [6.45, 7) is 3.85. The maximum absolute atomic E-state index is 12.8. The maximum Gasteiger partial charge on any atom is 0.252 e. The third-order valence-electron chi connectivity index (χ3n) is 5.76. The number of rotatable bonds is 3. The Hall–Kier alpha value is -1.53. The van der Waals surface area contributed by atoms with E-state index in [2.05, 4.69) is 5.32 Å². The highest BCUT2D eigenvalue weighted by Crippen LogP contribution is 2.39. The largest absolute Gasteiger partial charge is 0.332 e. The van der Waals surface area contributed by atoms with Gasteiger partial charge in [-0.15, -0.1) is 0 Å². The van der Waals surface area contributed by atoms with Crippen molar-refractivity contribution >= 4 is 40.7 Å². The van der Waals surface area contributed by atoms with Crippen molar-refractivity contribution in [3.8, 4) is 0 Å². The molecule has 29 heavy (non-hydrogen) atoms. The Morgan fingerprint density at radius 2 is 1.83 bits per heavy atom. The summed E-state index contributed by atoms with van der Waals surface area (Å²) in [6, 6.07) is 12.6. The first-order valence-electron chi connectivity index (χ1n) is 9.60. The average Bonchev–Trinajstić information content (AvgIpc) is 2.66. The van der Waals surface area contributed by atoms with Crippen LogP contribution in [0, 0.1) is 12.8 Å². The van der Waals surface area contributed by atoms with E-state index >= 15 is 0 Å². The van der Waals surface area contributed by atoms with Crippen LogP contribution in [0.25, 0.3) is 0 Å². The van der Waals surface area contributed by atoms with Crippen LogP contribution < -0.4 is 10.9 Å². The quantitative estimate of drug-likeness (QED) is 0.720. The number of fused-ring (bicyclic) bond motifs is 4. The molecule has 0 aliphatic carbocycles. The zero-order valence-corrected chi connectivity index (χ0v) is 18.2. The molecule has 4 rings (SSSR count). The lowest BCUT2D eigenvalue weighted by molar-refractivity contribution is 0.0586. The number of alkyl halides is 3. The molecule has 1 aromatic carbocycles. The van der Waals surface area contributed by atoms with E-state index in [-0.39, 0.29) is 23.3 Å². The number of nitrogens with one attached hydrogen (secondary N) is 1. The van der Waals surface area contributed by atoms with Crippen LogP contribution in [-0.2, 0) is 6.54 Å². The molecule has 8 heteroatoms. The third-order valence-corrected chi connectivity index (χ3v) is 6.38. The summed E-state index contributed by atoms with van der Waals surface area (Å²) in [4.78, 5) is 27.0. The molecule has 2 aliphatic rings. The van der Waals surface area contributed by atoms with Crippen LogP contribution in [-0.4, -0.2) is 38.4 Å². The van der Waals surface area contributed by atoms with Crippen LogP contribution in [0.15, 0.2) is 47.3 Å². The van der Waals surface area contributed by atoms with Gasteiger partial charge in [0, 0.05) is 42.9 Å². The van der Waals surface area contributed by atoms with Crippen molar-refractivity contribution in [2.24, 2.45) is 5.92 Å². The highest BCUT2D eigenvalue weighted by molar-refractivity contribution is 6.68. The number of likely N-dealkylation sites (tertiary alicyclic amines) is 1. The van der Waals surface area contributed by atoms with Gasteiger partial charge in [-0.25, -0.2) is 0 Å². The number of pyridine rings is 1. The fraction of sp³-hybridized carbons (Fsp3) is 0.429. The van der Waals surface area contributed by atoms with Gasteiger partial charge in [-0.2, -0.15) is 0 Å². The Morgan fingerprint density at radius 1 is 1.10 bits per heavy atom. The minimum Gasteiger partial charge on any atom is -0.332 e. The van der Waals surface area contributed by atoms with Crippen LogP contribution >= 0.6 is 34.8 Å². The fourth-order valence-corrected chi connectivity index (χ4v) is 5.01. The molecule has 1 saturated heterocycles. The zero-order valence-electron chi connectivity index (χ0n) is 15.9. The summed E-state index contributed by atoms with van der Waals surface area (Å²) >= 11 is 18.9.